The second-order valence-electron chi connectivity index (χ2n) is 4.61. The third-order valence-corrected chi connectivity index (χ3v) is 3.25. The Bertz CT molecular complexity index is 847. The first-order chi connectivity index (χ1) is 10.7. The zero-order valence-electron chi connectivity index (χ0n) is 11.9. The van der Waals surface area contributed by atoms with Crippen LogP contribution < -0.4 is 0 Å². The molecule has 0 aliphatic heterocycles. The summed E-state index contributed by atoms with van der Waals surface area (Å²) < 4.78 is 6.54. The number of aromatic nitrogens is 3. The van der Waals surface area contributed by atoms with Crippen molar-refractivity contribution in [2.24, 2.45) is 5.16 Å². The predicted octanol–water partition coefficient (Wildman–Crippen LogP) is 2.34. The van der Waals surface area contributed by atoms with Crippen LogP contribution in [0.25, 0.3) is 16.6 Å². The van der Waals surface area contributed by atoms with E-state index in [9.17, 15) is 4.79 Å². The molecule has 2 aromatic heterocycles. The zero-order chi connectivity index (χ0) is 15.5. The van der Waals surface area contributed by atoms with Crippen LogP contribution in [0.2, 0.25) is 0 Å². The summed E-state index contributed by atoms with van der Waals surface area (Å²) >= 11 is 0. The SMILES string of the molecule is CCOC(=O)c1cnn(-c2ccc3[nH]cc(/C=N/O)c3c2)c1. The summed E-state index contributed by atoms with van der Waals surface area (Å²) in [6, 6.07) is 5.66. The van der Waals surface area contributed by atoms with Crippen molar-refractivity contribution in [3.8, 4) is 5.69 Å². The van der Waals surface area contributed by atoms with Crippen LogP contribution in [0.3, 0.4) is 0 Å². The molecule has 7 nitrogen and oxygen atoms in total. The molecule has 1 aromatic carbocycles. The maximum absolute atomic E-state index is 11.7. The largest absolute Gasteiger partial charge is 0.462 e. The highest BCUT2D eigenvalue weighted by atomic mass is 16.5. The highest BCUT2D eigenvalue weighted by Crippen LogP contribution is 2.21. The Morgan fingerprint density at radius 1 is 1.55 bits per heavy atom. The van der Waals surface area contributed by atoms with Crippen molar-refractivity contribution in [2.45, 2.75) is 6.92 Å². The van der Waals surface area contributed by atoms with Gasteiger partial charge in [-0.15, -0.1) is 0 Å². The molecule has 0 saturated carbocycles. The van der Waals surface area contributed by atoms with Crippen molar-refractivity contribution in [3.63, 3.8) is 0 Å². The standard InChI is InChI=1S/C15H14N4O3/c1-2-22-15(20)11-7-17-19(9-11)12-3-4-14-13(5-12)10(6-16-14)8-18-21/h3-9,16,21H,2H2,1H3/b18-8+. The monoisotopic (exact) mass is 298 g/mol. The Morgan fingerprint density at radius 2 is 2.41 bits per heavy atom. The second-order valence-corrected chi connectivity index (χ2v) is 4.61. The number of H-pyrrole nitrogens is 1. The van der Waals surface area contributed by atoms with Crippen LogP contribution in [-0.2, 0) is 4.74 Å². The normalized spacial score (nSPS) is 11.3. The number of esters is 1. The van der Waals surface area contributed by atoms with Gasteiger partial charge in [-0.2, -0.15) is 5.10 Å². The van der Waals surface area contributed by atoms with Crippen LogP contribution in [0.1, 0.15) is 22.8 Å². The van der Waals surface area contributed by atoms with E-state index in [0.717, 1.165) is 22.2 Å². The number of nitrogens with one attached hydrogen (secondary N) is 1. The van der Waals surface area contributed by atoms with E-state index in [0.29, 0.717) is 12.2 Å². The number of aromatic amines is 1. The summed E-state index contributed by atoms with van der Waals surface area (Å²) in [4.78, 5) is 14.8. The van der Waals surface area contributed by atoms with Crippen molar-refractivity contribution < 1.29 is 14.7 Å². The van der Waals surface area contributed by atoms with E-state index in [1.54, 1.807) is 24.0 Å². The number of carbonyl (C=O) groups is 1. The Balaban J connectivity index is 1.99. The van der Waals surface area contributed by atoms with E-state index in [1.807, 2.05) is 18.2 Å². The van der Waals surface area contributed by atoms with Crippen LogP contribution in [0.15, 0.2) is 41.9 Å². The van der Waals surface area contributed by atoms with Crippen molar-refractivity contribution in [2.75, 3.05) is 6.61 Å². The number of oxime groups is 1. The van der Waals surface area contributed by atoms with Crippen LogP contribution in [0.4, 0.5) is 0 Å². The van der Waals surface area contributed by atoms with Gasteiger partial charge in [-0.3, -0.25) is 0 Å². The molecule has 0 saturated heterocycles. The number of hydrogen-bond acceptors (Lipinski definition) is 5. The Labute approximate surface area is 125 Å². The molecule has 7 heteroatoms. The fourth-order valence-electron chi connectivity index (χ4n) is 2.23. The van der Waals surface area contributed by atoms with E-state index < -0.39 is 5.97 Å². The van der Waals surface area contributed by atoms with Crippen molar-refractivity contribution >= 4 is 23.1 Å². The first-order valence-electron chi connectivity index (χ1n) is 6.73. The number of carbonyl (C=O) groups excluding carboxylic acids is 1. The van der Waals surface area contributed by atoms with Crippen LogP contribution in [0.5, 0.6) is 0 Å². The zero-order valence-corrected chi connectivity index (χ0v) is 11.9. The van der Waals surface area contributed by atoms with Crippen LogP contribution in [0, 0.1) is 0 Å². The Hall–Kier alpha value is -3.09. The summed E-state index contributed by atoms with van der Waals surface area (Å²) in [7, 11) is 0. The van der Waals surface area contributed by atoms with Gasteiger partial charge in [0.1, 0.15) is 0 Å². The van der Waals surface area contributed by atoms with Gasteiger partial charge in [-0.05, 0) is 25.1 Å². The second kappa shape index (κ2) is 5.72. The van der Waals surface area contributed by atoms with Crippen molar-refractivity contribution in [3.05, 3.63) is 47.9 Å². The lowest BCUT2D eigenvalue weighted by Gasteiger charge is -2.02. The fourth-order valence-corrected chi connectivity index (χ4v) is 2.23. The van der Waals surface area contributed by atoms with Gasteiger partial charge < -0.3 is 14.9 Å². The molecule has 0 bridgehead atoms. The molecular formula is C15H14N4O3. The molecule has 3 rings (SSSR count). The van der Waals surface area contributed by atoms with E-state index in [-0.39, 0.29) is 0 Å². The van der Waals surface area contributed by atoms with Gasteiger partial charge in [0.2, 0.25) is 0 Å². The maximum Gasteiger partial charge on any atom is 0.341 e. The first-order valence-corrected chi connectivity index (χ1v) is 6.73. The van der Waals surface area contributed by atoms with E-state index in [4.69, 9.17) is 9.94 Å². The lowest BCUT2D eigenvalue weighted by atomic mass is 10.1. The average Bonchev–Trinajstić information content (AvgIpc) is 3.15. The fraction of sp³-hybridized carbons (Fsp3) is 0.133. The molecule has 112 valence electrons. The lowest BCUT2D eigenvalue weighted by molar-refractivity contribution is 0.0526. The molecule has 0 amide bonds. The maximum atomic E-state index is 11.7. The molecule has 0 aliphatic rings. The number of hydrogen-bond donors (Lipinski definition) is 2. The smallest absolute Gasteiger partial charge is 0.341 e. The van der Waals surface area contributed by atoms with Crippen molar-refractivity contribution in [1.82, 2.24) is 14.8 Å². The molecule has 0 spiro atoms. The molecule has 0 atom stereocenters. The molecule has 0 radical (unpaired) electrons. The third kappa shape index (κ3) is 2.44. The van der Waals surface area contributed by atoms with Gasteiger partial charge in [0.25, 0.3) is 0 Å². The molecular weight excluding hydrogens is 284 g/mol. The average molecular weight is 298 g/mol. The Kier molecular flexibility index (Phi) is 3.61. The summed E-state index contributed by atoms with van der Waals surface area (Å²) in [6.45, 7) is 2.08. The molecule has 2 heterocycles. The van der Waals surface area contributed by atoms with E-state index in [2.05, 4.69) is 15.2 Å². The van der Waals surface area contributed by atoms with Gasteiger partial charge in [-0.1, -0.05) is 5.16 Å². The minimum absolute atomic E-state index is 0.323. The van der Waals surface area contributed by atoms with Crippen LogP contribution in [-0.4, -0.2) is 38.8 Å². The Morgan fingerprint density at radius 3 is 3.18 bits per heavy atom. The van der Waals surface area contributed by atoms with E-state index >= 15 is 0 Å². The van der Waals surface area contributed by atoms with Crippen molar-refractivity contribution in [1.29, 1.82) is 0 Å². The number of benzene rings is 1. The highest BCUT2D eigenvalue weighted by molar-refractivity contribution is 5.99. The molecule has 0 fully saturated rings. The predicted molar refractivity (Wildman–Crippen MR) is 80.8 cm³/mol. The molecule has 2 N–H and O–H groups in total. The minimum Gasteiger partial charge on any atom is -0.462 e. The van der Waals surface area contributed by atoms with Gasteiger partial charge in [0, 0.05) is 28.9 Å². The van der Waals surface area contributed by atoms with Crippen LogP contribution >= 0.6 is 0 Å². The molecule has 0 aliphatic carbocycles. The molecule has 3 aromatic rings. The molecule has 0 unspecified atom stereocenters. The summed E-state index contributed by atoms with van der Waals surface area (Å²) in [5.41, 5.74) is 2.86. The third-order valence-electron chi connectivity index (χ3n) is 3.25. The first kappa shape index (κ1) is 13.9. The topological polar surface area (TPSA) is 92.5 Å². The number of rotatable bonds is 4. The minimum atomic E-state index is -0.399. The van der Waals surface area contributed by atoms with Gasteiger partial charge >= 0.3 is 5.97 Å². The quantitative estimate of drug-likeness (QED) is 0.334. The molecule has 22 heavy (non-hydrogen) atoms. The number of ether oxygens (including phenoxy) is 1. The highest BCUT2D eigenvalue weighted by Gasteiger charge is 2.11. The summed E-state index contributed by atoms with van der Waals surface area (Å²) in [5, 5.41) is 16.8. The van der Waals surface area contributed by atoms with Gasteiger partial charge in [0.05, 0.1) is 30.3 Å². The van der Waals surface area contributed by atoms with Gasteiger partial charge in [-0.25, -0.2) is 9.48 Å². The summed E-state index contributed by atoms with van der Waals surface area (Å²) in [6.07, 6.45) is 6.19. The van der Waals surface area contributed by atoms with Gasteiger partial charge in [0.15, 0.2) is 0 Å². The number of nitrogens with zero attached hydrogens (tertiary/aromatic N) is 3. The lowest BCUT2D eigenvalue weighted by Crippen LogP contribution is -2.03. The van der Waals surface area contributed by atoms with E-state index in [1.165, 1.54) is 12.4 Å². The summed E-state index contributed by atoms with van der Waals surface area (Å²) in [5.74, 6) is -0.399. The number of fused-ring (bicyclic) bond motifs is 1.